The van der Waals surface area contributed by atoms with Crippen LogP contribution in [0.5, 0.6) is 0 Å². The highest BCUT2D eigenvalue weighted by Gasteiger charge is 2.28. The number of carbonyl (C=O) groups is 2. The van der Waals surface area contributed by atoms with Crippen LogP contribution in [0.2, 0.25) is 0 Å². The van der Waals surface area contributed by atoms with E-state index in [1.807, 2.05) is 24.3 Å². The summed E-state index contributed by atoms with van der Waals surface area (Å²) in [6.07, 6.45) is 0.360. The summed E-state index contributed by atoms with van der Waals surface area (Å²) >= 11 is 0. The van der Waals surface area contributed by atoms with E-state index in [-0.39, 0.29) is 24.4 Å². The summed E-state index contributed by atoms with van der Waals surface area (Å²) < 4.78 is 4.87. The Morgan fingerprint density at radius 1 is 1.43 bits per heavy atom. The minimum Gasteiger partial charge on any atom is -0.383 e. The maximum atomic E-state index is 12.0. The first-order valence-corrected chi connectivity index (χ1v) is 6.98. The molecule has 0 saturated heterocycles. The second-order valence-corrected chi connectivity index (χ2v) is 4.99. The Morgan fingerprint density at radius 3 is 2.95 bits per heavy atom. The first-order chi connectivity index (χ1) is 10.1. The number of ether oxygens (including phenoxy) is 1. The lowest BCUT2D eigenvalue weighted by molar-refractivity contribution is -0.122. The van der Waals surface area contributed by atoms with Gasteiger partial charge in [0, 0.05) is 38.9 Å². The molecule has 6 heteroatoms. The van der Waals surface area contributed by atoms with Gasteiger partial charge in [-0.05, 0) is 11.6 Å². The fourth-order valence-electron chi connectivity index (χ4n) is 2.40. The van der Waals surface area contributed by atoms with Gasteiger partial charge in [0.2, 0.25) is 11.8 Å². The van der Waals surface area contributed by atoms with Crippen molar-refractivity contribution < 1.29 is 14.3 Å². The topological polar surface area (TPSA) is 70.7 Å². The standard InChI is InChI=1S/C15H21N3O3/c1-18-13-6-4-3-5-11(13)12(9-15(18)20)17-10-14(19)16-7-8-21-2/h3-6,12,17H,7-10H2,1-2H3,(H,16,19). The predicted molar refractivity (Wildman–Crippen MR) is 80.1 cm³/mol. The molecule has 21 heavy (non-hydrogen) atoms. The van der Waals surface area contributed by atoms with E-state index in [0.717, 1.165) is 11.3 Å². The molecule has 0 spiro atoms. The summed E-state index contributed by atoms with van der Waals surface area (Å²) in [5.41, 5.74) is 1.94. The number of para-hydroxylation sites is 1. The maximum Gasteiger partial charge on any atom is 0.234 e. The summed E-state index contributed by atoms with van der Waals surface area (Å²) in [5, 5.41) is 5.90. The molecule has 0 aliphatic carbocycles. The number of carbonyl (C=O) groups excluding carboxylic acids is 2. The molecule has 1 aliphatic heterocycles. The van der Waals surface area contributed by atoms with E-state index in [1.165, 1.54) is 0 Å². The first-order valence-electron chi connectivity index (χ1n) is 6.98. The van der Waals surface area contributed by atoms with Crippen LogP contribution in [0.25, 0.3) is 0 Å². The van der Waals surface area contributed by atoms with Gasteiger partial charge in [0.15, 0.2) is 0 Å². The molecule has 6 nitrogen and oxygen atoms in total. The van der Waals surface area contributed by atoms with Gasteiger partial charge in [-0.1, -0.05) is 18.2 Å². The minimum atomic E-state index is -0.127. The molecule has 0 fully saturated rings. The van der Waals surface area contributed by atoms with E-state index >= 15 is 0 Å². The van der Waals surface area contributed by atoms with Crippen molar-refractivity contribution in [3.8, 4) is 0 Å². The van der Waals surface area contributed by atoms with Crippen molar-refractivity contribution in [2.24, 2.45) is 0 Å². The largest absolute Gasteiger partial charge is 0.383 e. The smallest absolute Gasteiger partial charge is 0.234 e. The van der Waals surface area contributed by atoms with Gasteiger partial charge in [0.25, 0.3) is 0 Å². The highest BCUT2D eigenvalue weighted by Crippen LogP contribution is 2.33. The third kappa shape index (κ3) is 3.80. The van der Waals surface area contributed by atoms with Gasteiger partial charge in [-0.3, -0.25) is 9.59 Å². The molecule has 0 bridgehead atoms. The third-order valence-corrected chi connectivity index (χ3v) is 3.56. The van der Waals surface area contributed by atoms with E-state index < -0.39 is 0 Å². The van der Waals surface area contributed by atoms with Crippen molar-refractivity contribution in [1.82, 2.24) is 10.6 Å². The zero-order valence-electron chi connectivity index (χ0n) is 12.4. The summed E-state index contributed by atoms with van der Waals surface area (Å²) in [7, 11) is 3.36. The first kappa shape index (κ1) is 15.5. The lowest BCUT2D eigenvalue weighted by Gasteiger charge is -2.32. The van der Waals surface area contributed by atoms with E-state index in [1.54, 1.807) is 19.1 Å². The van der Waals surface area contributed by atoms with Gasteiger partial charge < -0.3 is 20.3 Å². The van der Waals surface area contributed by atoms with E-state index in [2.05, 4.69) is 10.6 Å². The predicted octanol–water partition coefficient (Wildman–Crippen LogP) is 0.446. The number of hydrogen-bond acceptors (Lipinski definition) is 4. The van der Waals surface area contributed by atoms with Crippen LogP contribution in [0.3, 0.4) is 0 Å². The molecule has 0 saturated carbocycles. The molecule has 1 aromatic carbocycles. The van der Waals surface area contributed by atoms with Crippen LogP contribution < -0.4 is 15.5 Å². The zero-order valence-corrected chi connectivity index (χ0v) is 12.4. The monoisotopic (exact) mass is 291 g/mol. The number of benzene rings is 1. The second-order valence-electron chi connectivity index (χ2n) is 4.99. The Kier molecular flexibility index (Phi) is 5.30. The Hall–Kier alpha value is -1.92. The van der Waals surface area contributed by atoms with Crippen molar-refractivity contribution >= 4 is 17.5 Å². The van der Waals surface area contributed by atoms with E-state index in [4.69, 9.17) is 4.74 Å². The molecular formula is C15H21N3O3. The number of fused-ring (bicyclic) bond motifs is 1. The quantitative estimate of drug-likeness (QED) is 0.747. The summed E-state index contributed by atoms with van der Waals surface area (Å²) in [5.74, 6) is -0.0538. The molecule has 114 valence electrons. The van der Waals surface area contributed by atoms with Gasteiger partial charge in [-0.2, -0.15) is 0 Å². The second kappa shape index (κ2) is 7.19. The third-order valence-electron chi connectivity index (χ3n) is 3.56. The Labute approximate surface area is 124 Å². The molecule has 1 unspecified atom stereocenters. The number of rotatable bonds is 6. The SMILES string of the molecule is COCCNC(=O)CNC1CC(=O)N(C)c2ccccc21. The minimum absolute atomic E-state index is 0.0472. The molecule has 0 radical (unpaired) electrons. The van der Waals surface area contributed by atoms with Crippen LogP contribution in [-0.4, -0.2) is 45.7 Å². The van der Waals surface area contributed by atoms with Crippen LogP contribution in [-0.2, 0) is 14.3 Å². The van der Waals surface area contributed by atoms with Crippen molar-refractivity contribution in [2.45, 2.75) is 12.5 Å². The normalized spacial score (nSPS) is 17.5. The Balaban J connectivity index is 1.96. The fraction of sp³-hybridized carbons (Fsp3) is 0.467. The van der Waals surface area contributed by atoms with E-state index in [9.17, 15) is 9.59 Å². The van der Waals surface area contributed by atoms with Crippen LogP contribution in [0.4, 0.5) is 5.69 Å². The molecule has 2 amide bonds. The summed E-state index contributed by atoms with van der Waals surface area (Å²) in [4.78, 5) is 25.3. The van der Waals surface area contributed by atoms with E-state index in [0.29, 0.717) is 19.6 Å². The number of amides is 2. The average Bonchev–Trinajstić information content (AvgIpc) is 2.50. The number of nitrogens with one attached hydrogen (secondary N) is 2. The lowest BCUT2D eigenvalue weighted by Crippen LogP contribution is -2.41. The lowest BCUT2D eigenvalue weighted by atomic mass is 9.96. The van der Waals surface area contributed by atoms with Gasteiger partial charge in [-0.25, -0.2) is 0 Å². The van der Waals surface area contributed by atoms with Crippen molar-refractivity contribution in [1.29, 1.82) is 0 Å². The molecule has 2 N–H and O–H groups in total. The molecule has 1 aromatic rings. The number of hydrogen-bond donors (Lipinski definition) is 2. The van der Waals surface area contributed by atoms with Crippen LogP contribution in [0, 0.1) is 0 Å². The molecule has 1 atom stereocenters. The van der Waals surface area contributed by atoms with Crippen molar-refractivity contribution in [3.05, 3.63) is 29.8 Å². The van der Waals surface area contributed by atoms with Gasteiger partial charge in [-0.15, -0.1) is 0 Å². The number of anilines is 1. The highest BCUT2D eigenvalue weighted by molar-refractivity contribution is 5.96. The molecule has 2 rings (SSSR count). The summed E-state index contributed by atoms with van der Waals surface area (Å²) in [6.45, 7) is 1.15. The summed E-state index contributed by atoms with van der Waals surface area (Å²) in [6, 6.07) is 7.62. The molecule has 0 aromatic heterocycles. The molecule has 1 heterocycles. The maximum absolute atomic E-state index is 12.0. The Morgan fingerprint density at radius 2 is 2.19 bits per heavy atom. The van der Waals surface area contributed by atoms with Crippen LogP contribution in [0.1, 0.15) is 18.0 Å². The van der Waals surface area contributed by atoms with Crippen LogP contribution >= 0.6 is 0 Å². The van der Waals surface area contributed by atoms with Crippen molar-refractivity contribution in [3.63, 3.8) is 0 Å². The Bertz CT molecular complexity index is 519. The average molecular weight is 291 g/mol. The highest BCUT2D eigenvalue weighted by atomic mass is 16.5. The van der Waals surface area contributed by atoms with Crippen molar-refractivity contribution in [2.75, 3.05) is 38.8 Å². The number of nitrogens with zero attached hydrogens (tertiary/aromatic N) is 1. The van der Waals surface area contributed by atoms with Gasteiger partial charge >= 0.3 is 0 Å². The fourth-order valence-corrected chi connectivity index (χ4v) is 2.40. The van der Waals surface area contributed by atoms with Gasteiger partial charge in [0.05, 0.1) is 13.2 Å². The number of methoxy groups -OCH3 is 1. The van der Waals surface area contributed by atoms with Crippen LogP contribution in [0.15, 0.2) is 24.3 Å². The zero-order chi connectivity index (χ0) is 15.2. The molecule has 1 aliphatic rings. The van der Waals surface area contributed by atoms with Gasteiger partial charge in [0.1, 0.15) is 0 Å². The molecular weight excluding hydrogens is 270 g/mol.